The van der Waals surface area contributed by atoms with Gasteiger partial charge in [-0.3, -0.25) is 4.98 Å². The highest BCUT2D eigenvalue weighted by Gasteiger charge is 2.35. The van der Waals surface area contributed by atoms with Gasteiger partial charge in [-0.15, -0.1) is 0 Å². The van der Waals surface area contributed by atoms with Gasteiger partial charge in [0.25, 0.3) is 0 Å². The Labute approximate surface area is 122 Å². The molecular formula is C16H26N4. The van der Waals surface area contributed by atoms with E-state index in [1.54, 1.807) is 0 Å². The first kappa shape index (κ1) is 13.8. The maximum absolute atomic E-state index is 4.66. The van der Waals surface area contributed by atoms with Crippen molar-refractivity contribution in [1.82, 2.24) is 15.3 Å². The van der Waals surface area contributed by atoms with Gasteiger partial charge in [0.05, 0.1) is 18.1 Å². The fourth-order valence-corrected chi connectivity index (χ4v) is 3.63. The quantitative estimate of drug-likeness (QED) is 0.916. The fourth-order valence-electron chi connectivity index (χ4n) is 3.63. The van der Waals surface area contributed by atoms with Gasteiger partial charge in [-0.1, -0.05) is 20.3 Å². The van der Waals surface area contributed by atoms with Gasteiger partial charge < -0.3 is 10.2 Å². The average molecular weight is 274 g/mol. The molecule has 0 amide bonds. The molecule has 0 spiro atoms. The van der Waals surface area contributed by atoms with Crippen molar-refractivity contribution in [3.05, 3.63) is 18.1 Å². The Bertz CT molecular complexity index is 429. The number of hydrogen-bond acceptors (Lipinski definition) is 4. The van der Waals surface area contributed by atoms with E-state index in [1.165, 1.54) is 32.1 Å². The lowest BCUT2D eigenvalue weighted by Crippen LogP contribution is -2.43. The van der Waals surface area contributed by atoms with E-state index in [0.717, 1.165) is 36.6 Å². The molecule has 0 radical (unpaired) electrons. The van der Waals surface area contributed by atoms with Crippen LogP contribution in [0.25, 0.3) is 0 Å². The third kappa shape index (κ3) is 2.95. The Kier molecular flexibility index (Phi) is 4.20. The van der Waals surface area contributed by atoms with Crippen molar-refractivity contribution in [2.45, 2.75) is 64.6 Å². The smallest absolute Gasteiger partial charge is 0.147 e. The molecule has 1 aromatic rings. The van der Waals surface area contributed by atoms with E-state index in [2.05, 4.69) is 34.0 Å². The van der Waals surface area contributed by atoms with Crippen molar-refractivity contribution >= 4 is 5.82 Å². The summed E-state index contributed by atoms with van der Waals surface area (Å²) in [5, 5.41) is 3.38. The van der Waals surface area contributed by atoms with Gasteiger partial charge in [-0.2, -0.15) is 0 Å². The molecule has 1 saturated carbocycles. The predicted octanol–water partition coefficient (Wildman–Crippen LogP) is 2.74. The van der Waals surface area contributed by atoms with Gasteiger partial charge in [-0.25, -0.2) is 4.98 Å². The van der Waals surface area contributed by atoms with Gasteiger partial charge >= 0.3 is 0 Å². The Balaban J connectivity index is 1.67. The largest absolute Gasteiger partial charge is 0.352 e. The molecule has 2 aliphatic rings. The van der Waals surface area contributed by atoms with E-state index in [-0.39, 0.29) is 0 Å². The van der Waals surface area contributed by atoms with Crippen LogP contribution in [0.4, 0.5) is 5.82 Å². The monoisotopic (exact) mass is 274 g/mol. The standard InChI is InChI=1S/C16H26N4/c1-12(2)17-9-14-10-19-16(11-18-14)20-8-4-6-13-5-3-7-15(13)20/h10-13,15,17H,3-9H2,1-2H3. The molecule has 1 aromatic heterocycles. The summed E-state index contributed by atoms with van der Waals surface area (Å²) in [6.07, 6.45) is 10.7. The number of fused-ring (bicyclic) bond motifs is 1. The number of nitrogens with zero attached hydrogens (tertiary/aromatic N) is 3. The Morgan fingerprint density at radius 1 is 1.20 bits per heavy atom. The van der Waals surface area contributed by atoms with Crippen LogP contribution < -0.4 is 10.2 Å². The third-order valence-electron chi connectivity index (χ3n) is 4.67. The van der Waals surface area contributed by atoms with Crippen molar-refractivity contribution in [2.75, 3.05) is 11.4 Å². The van der Waals surface area contributed by atoms with Gasteiger partial charge in [0.15, 0.2) is 0 Å². The van der Waals surface area contributed by atoms with Gasteiger partial charge in [0, 0.05) is 25.2 Å². The number of nitrogens with one attached hydrogen (secondary N) is 1. The summed E-state index contributed by atoms with van der Waals surface area (Å²) < 4.78 is 0. The summed E-state index contributed by atoms with van der Waals surface area (Å²) in [5.74, 6) is 1.97. The van der Waals surface area contributed by atoms with Crippen molar-refractivity contribution in [1.29, 1.82) is 0 Å². The van der Waals surface area contributed by atoms with E-state index in [1.807, 2.05) is 12.4 Å². The molecule has 1 aliphatic carbocycles. The second-order valence-corrected chi connectivity index (χ2v) is 6.50. The Morgan fingerprint density at radius 2 is 2.05 bits per heavy atom. The molecule has 1 aliphatic heterocycles. The predicted molar refractivity (Wildman–Crippen MR) is 81.7 cm³/mol. The van der Waals surface area contributed by atoms with E-state index >= 15 is 0 Å². The SMILES string of the molecule is CC(C)NCc1cnc(N2CCCC3CCCC32)cn1. The zero-order valence-corrected chi connectivity index (χ0v) is 12.7. The number of anilines is 1. The molecule has 4 nitrogen and oxygen atoms in total. The van der Waals surface area contributed by atoms with E-state index in [4.69, 9.17) is 0 Å². The zero-order chi connectivity index (χ0) is 13.9. The molecule has 2 fully saturated rings. The molecular weight excluding hydrogens is 248 g/mol. The van der Waals surface area contributed by atoms with Crippen LogP contribution in [0.1, 0.15) is 51.6 Å². The minimum absolute atomic E-state index is 0.484. The summed E-state index contributed by atoms with van der Waals surface area (Å²) in [4.78, 5) is 11.7. The number of aromatic nitrogens is 2. The molecule has 20 heavy (non-hydrogen) atoms. The molecule has 2 heterocycles. The minimum atomic E-state index is 0.484. The van der Waals surface area contributed by atoms with Gasteiger partial charge in [0.1, 0.15) is 5.82 Å². The van der Waals surface area contributed by atoms with Gasteiger partial charge in [0.2, 0.25) is 0 Å². The first-order valence-corrected chi connectivity index (χ1v) is 8.05. The number of piperidine rings is 1. The van der Waals surface area contributed by atoms with Crippen molar-refractivity contribution in [3.63, 3.8) is 0 Å². The van der Waals surface area contributed by atoms with Gasteiger partial charge in [-0.05, 0) is 31.6 Å². The van der Waals surface area contributed by atoms with E-state index < -0.39 is 0 Å². The van der Waals surface area contributed by atoms with Crippen molar-refractivity contribution in [3.8, 4) is 0 Å². The lowest BCUT2D eigenvalue weighted by Gasteiger charge is -2.38. The first-order chi connectivity index (χ1) is 9.74. The average Bonchev–Trinajstić information content (AvgIpc) is 2.94. The highest BCUT2D eigenvalue weighted by Crippen LogP contribution is 2.38. The summed E-state index contributed by atoms with van der Waals surface area (Å²) in [6.45, 7) is 6.25. The summed E-state index contributed by atoms with van der Waals surface area (Å²) in [6, 6.07) is 1.20. The molecule has 2 unspecified atom stereocenters. The van der Waals surface area contributed by atoms with E-state index in [9.17, 15) is 0 Å². The molecule has 0 aromatic carbocycles. The van der Waals surface area contributed by atoms with Crippen LogP contribution in [0.3, 0.4) is 0 Å². The number of hydrogen-bond donors (Lipinski definition) is 1. The van der Waals surface area contributed by atoms with Crippen LogP contribution in [-0.4, -0.2) is 28.6 Å². The van der Waals surface area contributed by atoms with E-state index in [0.29, 0.717) is 6.04 Å². The molecule has 1 N–H and O–H groups in total. The topological polar surface area (TPSA) is 41.1 Å². The molecule has 110 valence electrons. The summed E-state index contributed by atoms with van der Waals surface area (Å²) >= 11 is 0. The molecule has 0 bridgehead atoms. The van der Waals surface area contributed by atoms with Crippen LogP contribution in [0.15, 0.2) is 12.4 Å². The normalized spacial score (nSPS) is 26.1. The molecule has 3 rings (SSSR count). The first-order valence-electron chi connectivity index (χ1n) is 8.05. The Hall–Kier alpha value is -1.16. The van der Waals surface area contributed by atoms with Crippen LogP contribution in [-0.2, 0) is 6.54 Å². The zero-order valence-electron chi connectivity index (χ0n) is 12.7. The highest BCUT2D eigenvalue weighted by atomic mass is 15.2. The van der Waals surface area contributed by atoms with Crippen LogP contribution in [0, 0.1) is 5.92 Å². The second-order valence-electron chi connectivity index (χ2n) is 6.50. The lowest BCUT2D eigenvalue weighted by atomic mass is 9.92. The molecule has 4 heteroatoms. The maximum atomic E-state index is 4.66. The van der Waals surface area contributed by atoms with Crippen LogP contribution in [0.2, 0.25) is 0 Å². The second kappa shape index (κ2) is 6.08. The third-order valence-corrected chi connectivity index (χ3v) is 4.67. The maximum Gasteiger partial charge on any atom is 0.147 e. The molecule has 2 atom stereocenters. The Morgan fingerprint density at radius 3 is 2.80 bits per heavy atom. The summed E-state index contributed by atoms with van der Waals surface area (Å²) in [7, 11) is 0. The highest BCUT2D eigenvalue weighted by molar-refractivity contribution is 5.39. The van der Waals surface area contributed by atoms with Crippen LogP contribution in [0.5, 0.6) is 0 Å². The van der Waals surface area contributed by atoms with Crippen molar-refractivity contribution in [2.24, 2.45) is 5.92 Å². The summed E-state index contributed by atoms with van der Waals surface area (Å²) in [5.41, 5.74) is 1.03. The lowest BCUT2D eigenvalue weighted by molar-refractivity contribution is 0.360. The number of rotatable bonds is 4. The van der Waals surface area contributed by atoms with Crippen LogP contribution >= 0.6 is 0 Å². The fraction of sp³-hybridized carbons (Fsp3) is 0.750. The molecule has 1 saturated heterocycles. The van der Waals surface area contributed by atoms with Crippen molar-refractivity contribution < 1.29 is 0 Å². The minimum Gasteiger partial charge on any atom is -0.352 e.